The zero-order chi connectivity index (χ0) is 22.1. The number of ketones is 1. The van der Waals surface area contributed by atoms with Gasteiger partial charge in [-0.2, -0.15) is 0 Å². The number of phenolic OH excluding ortho intramolecular Hbond substituents is 2. The number of rotatable bonds is 6. The molecule has 2 rings (SSSR count). The third kappa shape index (κ3) is 4.26. The van der Waals surface area contributed by atoms with Crippen LogP contribution >= 0.6 is 11.6 Å². The van der Waals surface area contributed by atoms with Crippen molar-refractivity contribution in [3.8, 4) is 11.5 Å². The summed E-state index contributed by atoms with van der Waals surface area (Å²) in [5.41, 5.74) is 0.260. The summed E-state index contributed by atoms with van der Waals surface area (Å²) >= 11 is 6.06. The summed E-state index contributed by atoms with van der Waals surface area (Å²) in [6.45, 7) is 11.5. The number of hydrogen-bond acceptors (Lipinski definition) is 5. The first kappa shape index (κ1) is 23.2. The number of aliphatic hydroxyl groups is 1. The summed E-state index contributed by atoms with van der Waals surface area (Å²) < 4.78 is 0. The molecule has 158 valence electrons. The van der Waals surface area contributed by atoms with E-state index in [1.807, 2.05) is 19.9 Å². The van der Waals surface area contributed by atoms with E-state index >= 15 is 0 Å². The Morgan fingerprint density at radius 2 is 1.97 bits per heavy atom. The molecule has 1 aliphatic rings. The highest BCUT2D eigenvalue weighted by Crippen LogP contribution is 2.45. The number of carbonyl (C=O) groups excluding carboxylic acids is 2. The van der Waals surface area contributed by atoms with Gasteiger partial charge in [0.05, 0.1) is 16.7 Å². The zero-order valence-electron chi connectivity index (χ0n) is 17.3. The monoisotopic (exact) mass is 420 g/mol. The highest BCUT2D eigenvalue weighted by atomic mass is 35.5. The number of phenols is 2. The van der Waals surface area contributed by atoms with Crippen molar-refractivity contribution in [3.63, 3.8) is 0 Å². The van der Waals surface area contributed by atoms with E-state index in [2.05, 4.69) is 13.5 Å². The Hall–Kier alpha value is -2.11. The molecule has 0 bridgehead atoms. The molecule has 0 aliphatic heterocycles. The van der Waals surface area contributed by atoms with Crippen LogP contribution in [0.5, 0.6) is 11.5 Å². The van der Waals surface area contributed by atoms with Crippen LogP contribution in [0.2, 0.25) is 5.02 Å². The first-order valence-corrected chi connectivity index (χ1v) is 10.1. The maximum Gasteiger partial charge on any atom is 0.154 e. The molecule has 1 aromatic carbocycles. The van der Waals surface area contributed by atoms with Gasteiger partial charge in [-0.05, 0) is 35.8 Å². The SMILES string of the molecule is C=C(/C=C/[C@@]1(C)[C@H](C)CCC(=O)[C@@H]1C)[C@H](O)Cc1c(O)c(Cl)c(C)c(C=O)c1O. The first-order chi connectivity index (χ1) is 13.5. The van der Waals surface area contributed by atoms with Gasteiger partial charge in [0.15, 0.2) is 6.29 Å². The Labute approximate surface area is 176 Å². The van der Waals surface area contributed by atoms with Crippen molar-refractivity contribution in [2.45, 2.75) is 53.1 Å². The van der Waals surface area contributed by atoms with Crippen molar-refractivity contribution in [1.29, 1.82) is 0 Å². The van der Waals surface area contributed by atoms with E-state index in [0.29, 0.717) is 24.2 Å². The molecule has 0 saturated heterocycles. The van der Waals surface area contributed by atoms with Crippen LogP contribution in [0.4, 0.5) is 0 Å². The number of aliphatic hydroxyl groups excluding tert-OH is 1. The average molecular weight is 421 g/mol. The molecule has 4 atom stereocenters. The van der Waals surface area contributed by atoms with E-state index < -0.39 is 11.9 Å². The van der Waals surface area contributed by atoms with E-state index in [-0.39, 0.29) is 51.0 Å². The number of carbonyl (C=O) groups is 2. The average Bonchev–Trinajstić information content (AvgIpc) is 2.69. The molecule has 6 heteroatoms. The summed E-state index contributed by atoms with van der Waals surface area (Å²) in [6.07, 6.45) is 4.20. The van der Waals surface area contributed by atoms with Gasteiger partial charge < -0.3 is 15.3 Å². The maximum atomic E-state index is 12.2. The third-order valence-electron chi connectivity index (χ3n) is 6.67. The van der Waals surface area contributed by atoms with Gasteiger partial charge in [-0.25, -0.2) is 0 Å². The summed E-state index contributed by atoms with van der Waals surface area (Å²) in [6, 6.07) is 0. The fraction of sp³-hybridized carbons (Fsp3) is 0.478. The van der Waals surface area contributed by atoms with Crippen LogP contribution in [0, 0.1) is 24.2 Å². The molecule has 1 saturated carbocycles. The van der Waals surface area contributed by atoms with Crippen LogP contribution in [0.3, 0.4) is 0 Å². The van der Waals surface area contributed by atoms with Crippen molar-refractivity contribution < 1.29 is 24.9 Å². The molecule has 0 amide bonds. The van der Waals surface area contributed by atoms with E-state index in [1.54, 1.807) is 6.08 Å². The molecular weight excluding hydrogens is 392 g/mol. The minimum atomic E-state index is -1.12. The minimum Gasteiger partial charge on any atom is -0.507 e. The highest BCUT2D eigenvalue weighted by molar-refractivity contribution is 6.33. The van der Waals surface area contributed by atoms with Crippen LogP contribution in [0.25, 0.3) is 0 Å². The lowest BCUT2D eigenvalue weighted by atomic mass is 9.61. The summed E-state index contributed by atoms with van der Waals surface area (Å²) in [7, 11) is 0. The van der Waals surface area contributed by atoms with Gasteiger partial charge in [-0.1, -0.05) is 51.1 Å². The van der Waals surface area contributed by atoms with Gasteiger partial charge in [0, 0.05) is 24.3 Å². The van der Waals surface area contributed by atoms with E-state index in [9.17, 15) is 24.9 Å². The fourth-order valence-corrected chi connectivity index (χ4v) is 4.12. The van der Waals surface area contributed by atoms with Crippen LogP contribution in [0.1, 0.15) is 55.1 Å². The Bertz CT molecular complexity index is 873. The molecule has 3 N–H and O–H groups in total. The highest BCUT2D eigenvalue weighted by Gasteiger charge is 2.41. The molecule has 0 heterocycles. The van der Waals surface area contributed by atoms with Crippen LogP contribution in [0.15, 0.2) is 24.3 Å². The van der Waals surface area contributed by atoms with Crippen molar-refractivity contribution in [3.05, 3.63) is 46.0 Å². The van der Waals surface area contributed by atoms with Gasteiger partial charge in [0.2, 0.25) is 0 Å². The lowest BCUT2D eigenvalue weighted by Crippen LogP contribution is -2.40. The van der Waals surface area contributed by atoms with Crippen molar-refractivity contribution in [1.82, 2.24) is 0 Å². The second-order valence-corrected chi connectivity index (χ2v) is 8.65. The Morgan fingerprint density at radius 1 is 1.34 bits per heavy atom. The van der Waals surface area contributed by atoms with Crippen molar-refractivity contribution in [2.75, 3.05) is 0 Å². The number of aldehydes is 1. The van der Waals surface area contributed by atoms with Crippen molar-refractivity contribution >= 4 is 23.7 Å². The summed E-state index contributed by atoms with van der Waals surface area (Å²) in [5, 5.41) is 31.1. The summed E-state index contributed by atoms with van der Waals surface area (Å²) in [5.74, 6) is -0.369. The molecule has 1 aliphatic carbocycles. The van der Waals surface area contributed by atoms with Crippen LogP contribution in [-0.2, 0) is 11.2 Å². The normalized spacial score (nSPS) is 25.9. The standard InChI is InChI=1S/C23H29ClO5/c1-12(8-9-23(5)13(2)6-7-18(26)15(23)4)19(27)10-16-21(28)17(11-25)14(3)20(24)22(16)29/h8-9,11,13,15,19,27-29H,1,6-7,10H2,2-5H3/b9-8+/t13-,15+,19-,23+/m1/s1. The van der Waals surface area contributed by atoms with E-state index in [4.69, 9.17) is 11.6 Å². The second kappa shape index (κ2) is 8.72. The smallest absolute Gasteiger partial charge is 0.154 e. The number of aromatic hydroxyl groups is 2. The number of benzene rings is 1. The van der Waals surface area contributed by atoms with Gasteiger partial charge in [0.25, 0.3) is 0 Å². The van der Waals surface area contributed by atoms with Crippen LogP contribution < -0.4 is 0 Å². The largest absolute Gasteiger partial charge is 0.507 e. The summed E-state index contributed by atoms with van der Waals surface area (Å²) in [4.78, 5) is 23.4. The lowest BCUT2D eigenvalue weighted by Gasteiger charge is -2.42. The van der Waals surface area contributed by atoms with Gasteiger partial charge in [0.1, 0.15) is 17.3 Å². The number of halogens is 1. The lowest BCUT2D eigenvalue weighted by molar-refractivity contribution is -0.129. The second-order valence-electron chi connectivity index (χ2n) is 8.27. The Balaban J connectivity index is 2.26. The predicted molar refractivity (Wildman–Crippen MR) is 114 cm³/mol. The van der Waals surface area contributed by atoms with Crippen LogP contribution in [-0.4, -0.2) is 33.5 Å². The molecule has 1 fully saturated rings. The number of Topliss-reactive ketones (excluding diaryl/α,β-unsaturated/α-hetero) is 1. The molecule has 0 aromatic heterocycles. The molecule has 29 heavy (non-hydrogen) atoms. The molecule has 0 unspecified atom stereocenters. The fourth-order valence-electron chi connectivity index (χ4n) is 3.91. The zero-order valence-corrected chi connectivity index (χ0v) is 18.1. The molecule has 5 nitrogen and oxygen atoms in total. The quantitative estimate of drug-likeness (QED) is 0.464. The molecule has 0 spiro atoms. The van der Waals surface area contributed by atoms with Gasteiger partial charge in [-0.3, -0.25) is 9.59 Å². The maximum absolute atomic E-state index is 12.2. The Morgan fingerprint density at radius 3 is 2.55 bits per heavy atom. The molecule has 1 aromatic rings. The van der Waals surface area contributed by atoms with Gasteiger partial charge >= 0.3 is 0 Å². The predicted octanol–water partition coefficient (Wildman–Crippen LogP) is 4.53. The van der Waals surface area contributed by atoms with Gasteiger partial charge in [-0.15, -0.1) is 0 Å². The van der Waals surface area contributed by atoms with Crippen molar-refractivity contribution in [2.24, 2.45) is 17.3 Å². The topological polar surface area (TPSA) is 94.8 Å². The Kier molecular flexibility index (Phi) is 6.97. The van der Waals surface area contributed by atoms with E-state index in [0.717, 1.165) is 6.42 Å². The third-order valence-corrected chi connectivity index (χ3v) is 7.13. The number of allylic oxidation sites excluding steroid dienone is 1. The first-order valence-electron chi connectivity index (χ1n) is 9.72. The van der Waals surface area contributed by atoms with E-state index in [1.165, 1.54) is 6.92 Å². The number of hydrogen-bond donors (Lipinski definition) is 3. The molecule has 0 radical (unpaired) electrons. The minimum absolute atomic E-state index is 0.00876. The molecular formula is C23H29ClO5.